The Balaban J connectivity index is 2.47. The van der Waals surface area contributed by atoms with Crippen molar-refractivity contribution in [2.45, 2.75) is 19.4 Å². The summed E-state index contributed by atoms with van der Waals surface area (Å²) < 4.78 is 10.1. The maximum absolute atomic E-state index is 11.0. The number of benzene rings is 1. The number of ketones is 1. The van der Waals surface area contributed by atoms with E-state index in [1.807, 2.05) is 0 Å². The van der Waals surface area contributed by atoms with E-state index in [4.69, 9.17) is 9.47 Å². The van der Waals surface area contributed by atoms with Gasteiger partial charge in [-0.05, 0) is 19.1 Å². The van der Waals surface area contributed by atoms with E-state index >= 15 is 0 Å². The minimum atomic E-state index is -1.22. The van der Waals surface area contributed by atoms with Crippen molar-refractivity contribution in [2.75, 3.05) is 6.79 Å². The zero-order valence-corrected chi connectivity index (χ0v) is 9.58. The summed E-state index contributed by atoms with van der Waals surface area (Å²) >= 11 is 0. The normalized spacial score (nSPS) is 14.3. The highest BCUT2D eigenvalue weighted by atomic mass is 16.7. The Labute approximate surface area is 102 Å². The third-order valence-electron chi connectivity index (χ3n) is 2.57. The van der Waals surface area contributed by atoms with E-state index in [1.54, 1.807) is 0 Å². The molecule has 7 heteroatoms. The van der Waals surface area contributed by atoms with Crippen molar-refractivity contribution in [3.63, 3.8) is 0 Å². The van der Waals surface area contributed by atoms with Gasteiger partial charge in [0.25, 0.3) is 0 Å². The number of nitrogens with zero attached hydrogens (tertiary/aromatic N) is 1. The predicted octanol–water partition coefficient (Wildman–Crippen LogP) is 1.34. The van der Waals surface area contributed by atoms with Crippen molar-refractivity contribution in [1.82, 2.24) is 0 Å². The SMILES string of the molecule is CC(=O)C[C@@H](O)c1ccc2c(c1[N+](=O)[O-])OCO2. The molecule has 0 fully saturated rings. The molecule has 96 valence electrons. The summed E-state index contributed by atoms with van der Waals surface area (Å²) in [6, 6.07) is 2.85. The number of aliphatic hydroxyl groups is 1. The van der Waals surface area contributed by atoms with Crippen LogP contribution in [-0.4, -0.2) is 22.6 Å². The lowest BCUT2D eigenvalue weighted by Gasteiger charge is -2.10. The van der Waals surface area contributed by atoms with E-state index in [-0.39, 0.29) is 41.7 Å². The monoisotopic (exact) mass is 253 g/mol. The van der Waals surface area contributed by atoms with Gasteiger partial charge in [-0.15, -0.1) is 0 Å². The van der Waals surface area contributed by atoms with Gasteiger partial charge >= 0.3 is 5.69 Å². The van der Waals surface area contributed by atoms with Crippen molar-refractivity contribution in [3.8, 4) is 11.5 Å². The van der Waals surface area contributed by atoms with E-state index in [9.17, 15) is 20.0 Å². The number of aliphatic hydroxyl groups excluding tert-OH is 1. The number of hydrogen-bond donors (Lipinski definition) is 1. The highest BCUT2D eigenvalue weighted by Gasteiger charge is 2.32. The van der Waals surface area contributed by atoms with Crippen molar-refractivity contribution in [1.29, 1.82) is 0 Å². The Morgan fingerprint density at radius 1 is 1.56 bits per heavy atom. The van der Waals surface area contributed by atoms with Gasteiger partial charge in [-0.2, -0.15) is 0 Å². The molecule has 18 heavy (non-hydrogen) atoms. The number of carbonyl (C=O) groups is 1. The van der Waals surface area contributed by atoms with Gasteiger partial charge < -0.3 is 14.6 Å². The average molecular weight is 253 g/mol. The molecule has 1 atom stereocenters. The zero-order chi connectivity index (χ0) is 13.3. The second-order valence-electron chi connectivity index (χ2n) is 3.92. The molecule has 1 aliphatic heterocycles. The Morgan fingerprint density at radius 3 is 2.89 bits per heavy atom. The van der Waals surface area contributed by atoms with Crippen molar-refractivity contribution >= 4 is 11.5 Å². The highest BCUT2D eigenvalue weighted by Crippen LogP contribution is 2.44. The first-order valence-corrected chi connectivity index (χ1v) is 5.25. The maximum Gasteiger partial charge on any atom is 0.320 e. The van der Waals surface area contributed by atoms with Gasteiger partial charge in [0, 0.05) is 6.42 Å². The number of nitro benzene ring substituents is 1. The smallest absolute Gasteiger partial charge is 0.320 e. The third kappa shape index (κ3) is 2.12. The Morgan fingerprint density at radius 2 is 2.28 bits per heavy atom. The lowest BCUT2D eigenvalue weighted by molar-refractivity contribution is -0.387. The van der Waals surface area contributed by atoms with Crippen LogP contribution in [0, 0.1) is 10.1 Å². The minimum absolute atomic E-state index is 0.0000945. The predicted molar refractivity (Wildman–Crippen MR) is 59.5 cm³/mol. The lowest BCUT2D eigenvalue weighted by atomic mass is 10.0. The van der Waals surface area contributed by atoms with Crippen LogP contribution in [0.5, 0.6) is 11.5 Å². The molecule has 2 rings (SSSR count). The van der Waals surface area contributed by atoms with Crippen LogP contribution < -0.4 is 9.47 Å². The first-order chi connectivity index (χ1) is 8.50. The van der Waals surface area contributed by atoms with Crippen LogP contribution in [0.3, 0.4) is 0 Å². The second kappa shape index (κ2) is 4.61. The molecule has 0 bridgehead atoms. The minimum Gasteiger partial charge on any atom is -0.453 e. The molecule has 0 amide bonds. The maximum atomic E-state index is 11.0. The molecule has 1 aromatic rings. The summed E-state index contributed by atoms with van der Waals surface area (Å²) in [5.41, 5.74) is -0.293. The van der Waals surface area contributed by atoms with Gasteiger partial charge in [-0.25, -0.2) is 0 Å². The largest absolute Gasteiger partial charge is 0.453 e. The van der Waals surface area contributed by atoms with Gasteiger partial charge in [-0.1, -0.05) is 0 Å². The molecule has 0 radical (unpaired) electrons. The fraction of sp³-hybridized carbons (Fsp3) is 0.364. The van der Waals surface area contributed by atoms with E-state index in [1.165, 1.54) is 19.1 Å². The summed E-state index contributed by atoms with van der Waals surface area (Å²) in [7, 11) is 0. The molecular formula is C11H11NO6. The first-order valence-electron chi connectivity index (χ1n) is 5.25. The van der Waals surface area contributed by atoms with E-state index < -0.39 is 11.0 Å². The molecule has 0 spiro atoms. The number of Topliss-reactive ketones (excluding diaryl/α,β-unsaturated/α-hetero) is 1. The molecule has 1 aromatic carbocycles. The van der Waals surface area contributed by atoms with Crippen molar-refractivity contribution in [3.05, 3.63) is 27.8 Å². The Kier molecular flexibility index (Phi) is 3.15. The van der Waals surface area contributed by atoms with Gasteiger partial charge in [0.15, 0.2) is 5.75 Å². The molecule has 0 saturated heterocycles. The van der Waals surface area contributed by atoms with Gasteiger partial charge in [-0.3, -0.25) is 14.9 Å². The molecule has 1 heterocycles. The quantitative estimate of drug-likeness (QED) is 0.642. The molecule has 1 N–H and O–H groups in total. The average Bonchev–Trinajstić information content (AvgIpc) is 2.73. The van der Waals surface area contributed by atoms with Crippen LogP contribution in [-0.2, 0) is 4.79 Å². The van der Waals surface area contributed by atoms with Crippen LogP contribution in [0.25, 0.3) is 0 Å². The molecule has 0 saturated carbocycles. The fourth-order valence-electron chi connectivity index (χ4n) is 1.81. The molecule has 0 aliphatic carbocycles. The van der Waals surface area contributed by atoms with Crippen LogP contribution in [0.2, 0.25) is 0 Å². The van der Waals surface area contributed by atoms with E-state index in [0.29, 0.717) is 0 Å². The lowest BCUT2D eigenvalue weighted by Crippen LogP contribution is -2.07. The van der Waals surface area contributed by atoms with E-state index in [0.717, 1.165) is 0 Å². The van der Waals surface area contributed by atoms with Crippen LogP contribution >= 0.6 is 0 Å². The van der Waals surface area contributed by atoms with Crippen molar-refractivity contribution < 1.29 is 24.3 Å². The van der Waals surface area contributed by atoms with Gasteiger partial charge in [0.05, 0.1) is 16.6 Å². The number of rotatable bonds is 4. The molecule has 0 aromatic heterocycles. The molecular weight excluding hydrogens is 242 g/mol. The number of nitro groups is 1. The summed E-state index contributed by atoms with van der Waals surface area (Å²) in [6.07, 6.45) is -1.40. The summed E-state index contributed by atoms with van der Waals surface area (Å²) in [5, 5.41) is 20.9. The second-order valence-corrected chi connectivity index (χ2v) is 3.92. The standard InChI is InChI=1S/C11H11NO6/c1-6(13)4-8(14)7-2-3-9-11(18-5-17-9)10(7)12(15)16/h2-3,8,14H,4-5H2,1H3/t8-/m1/s1. The molecule has 1 aliphatic rings. The number of fused-ring (bicyclic) bond motifs is 1. The van der Waals surface area contributed by atoms with Crippen LogP contribution in [0.1, 0.15) is 25.0 Å². The Bertz CT molecular complexity index is 513. The first kappa shape index (κ1) is 12.3. The summed E-state index contributed by atoms with van der Waals surface area (Å²) in [6.45, 7) is 1.21. The fourth-order valence-corrected chi connectivity index (χ4v) is 1.81. The summed E-state index contributed by atoms with van der Waals surface area (Å²) in [5.74, 6) is 0.00930. The van der Waals surface area contributed by atoms with Crippen LogP contribution in [0.15, 0.2) is 12.1 Å². The third-order valence-corrected chi connectivity index (χ3v) is 2.57. The zero-order valence-electron chi connectivity index (χ0n) is 9.58. The number of carbonyl (C=O) groups excluding carboxylic acids is 1. The van der Waals surface area contributed by atoms with Gasteiger partial charge in [0.2, 0.25) is 12.5 Å². The van der Waals surface area contributed by atoms with Crippen LogP contribution in [0.4, 0.5) is 5.69 Å². The van der Waals surface area contributed by atoms with Crippen molar-refractivity contribution in [2.24, 2.45) is 0 Å². The molecule has 7 nitrogen and oxygen atoms in total. The number of hydrogen-bond acceptors (Lipinski definition) is 6. The molecule has 0 unspecified atom stereocenters. The number of ether oxygens (including phenoxy) is 2. The summed E-state index contributed by atoms with van der Waals surface area (Å²) in [4.78, 5) is 21.4. The van der Waals surface area contributed by atoms with Gasteiger partial charge in [0.1, 0.15) is 5.78 Å². The Hall–Kier alpha value is -2.15. The highest BCUT2D eigenvalue weighted by molar-refractivity contribution is 5.76. The van der Waals surface area contributed by atoms with E-state index in [2.05, 4.69) is 0 Å². The topological polar surface area (TPSA) is 98.9 Å².